The van der Waals surface area contributed by atoms with Crippen LogP contribution in [0.25, 0.3) is 0 Å². The molecule has 7 nitrogen and oxygen atoms in total. The molecule has 0 aromatic carbocycles. The third kappa shape index (κ3) is 1630. The Morgan fingerprint density at radius 3 is 0.500 bits per heavy atom. The molecule has 0 aliphatic rings. The molecule has 0 radical (unpaired) electrons. The van der Waals surface area contributed by atoms with Crippen molar-refractivity contribution >= 4 is 0 Å². The van der Waals surface area contributed by atoms with Crippen LogP contribution in [0.5, 0.6) is 0 Å². The zero-order valence-electron chi connectivity index (χ0n) is 4.45. The number of aliphatic hydroxyl groups is 1. The summed E-state index contributed by atoms with van der Waals surface area (Å²) >= 11 is 0. The average molecular weight is 140 g/mol. The first-order chi connectivity index (χ1) is 1.00. The molecule has 0 rings (SSSR count). The van der Waals surface area contributed by atoms with Gasteiger partial charge in [-0.25, -0.2) is 0 Å². The molecular weight excluding hydrogens is 124 g/mol. The van der Waals surface area contributed by atoms with Crippen molar-refractivity contribution in [3.63, 3.8) is 0 Å². The van der Waals surface area contributed by atoms with Crippen LogP contribution in [0, 0.1) is 0 Å². The molecule has 62 valence electrons. The minimum absolute atomic E-state index is 0. The lowest BCUT2D eigenvalue weighted by atomic mass is 11.8. The molecule has 13 N–H and O–H groups in total. The normalized spacial score (nSPS) is 0.750. The van der Waals surface area contributed by atoms with E-state index in [2.05, 4.69) is 0 Å². The molecule has 0 amide bonds. The van der Waals surface area contributed by atoms with Crippen molar-refractivity contribution in [1.82, 2.24) is 0 Å². The average Bonchev–Trinajstić information content (AvgIpc) is 1.00. The fraction of sp³-hybridized carbons (Fsp3) is 1.00. The molecule has 0 unspecified atom stereocenters. The van der Waals surface area contributed by atoms with Gasteiger partial charge in [0.05, 0.1) is 0 Å². The Kier molecular flexibility index (Phi) is 236000. The van der Waals surface area contributed by atoms with E-state index in [9.17, 15) is 0 Å². The highest BCUT2D eigenvalue weighted by molar-refractivity contribution is 3.18. The van der Waals surface area contributed by atoms with Gasteiger partial charge >= 0.3 is 0 Å². The Balaban J connectivity index is -0.000000000333. The Hall–Kier alpha value is -0.280. The lowest BCUT2D eigenvalue weighted by molar-refractivity contribution is 0.399. The highest BCUT2D eigenvalue weighted by Crippen LogP contribution is 0.755. The first kappa shape index (κ1) is 672. The largest absolute Gasteiger partial charge is 0.412 e. The Morgan fingerprint density at radius 1 is 0.500 bits per heavy atom. The van der Waals surface area contributed by atoms with Crippen molar-refractivity contribution in [3.8, 4) is 0 Å². The van der Waals surface area contributed by atoms with Crippen LogP contribution in [0.15, 0.2) is 0 Å². The van der Waals surface area contributed by atoms with Gasteiger partial charge in [-0.2, -0.15) is 0 Å². The van der Waals surface area contributed by atoms with Crippen LogP contribution >= 0.6 is 0 Å². The van der Waals surface area contributed by atoms with Crippen LogP contribution in [-0.2, 0) is 0 Å². The van der Waals surface area contributed by atoms with Crippen LogP contribution in [0.2, 0.25) is 0 Å². The molecule has 0 saturated carbocycles. The topological polar surface area (TPSA) is 209 Å². The van der Waals surface area contributed by atoms with Crippen molar-refractivity contribution < 1.29 is 38.0 Å². The highest BCUT2D eigenvalue weighted by Gasteiger charge is 0.839. The third-order valence-electron chi connectivity index (χ3n) is 0. The Labute approximate surface area is 46.4 Å². The van der Waals surface area contributed by atoms with Crippen molar-refractivity contribution in [1.29, 1.82) is 0 Å². The second-order valence-corrected chi connectivity index (χ2v) is 0. The maximum Gasteiger partial charge on any atom is 0.0319 e. The van der Waals surface area contributed by atoms with Crippen molar-refractivity contribution in [2.75, 3.05) is 7.11 Å². The summed E-state index contributed by atoms with van der Waals surface area (Å²) < 4.78 is 0. The van der Waals surface area contributed by atoms with Gasteiger partial charge in [0.25, 0.3) is 0 Å². The first-order valence-corrected chi connectivity index (χ1v) is 0.447. The molecule has 0 spiro atoms. The molecule has 0 aromatic rings. The van der Waals surface area contributed by atoms with Crippen LogP contribution in [0.1, 0.15) is 0 Å². The standard InChI is InChI=1S/CH4O.6H2O/c1-2;;;;;;/h2H,1H3;6*1H2. The molecule has 0 fully saturated rings. The molecule has 7 heteroatoms. The minimum atomic E-state index is 0. The summed E-state index contributed by atoms with van der Waals surface area (Å²) in [4.78, 5) is 0. The summed E-state index contributed by atoms with van der Waals surface area (Å²) in [6.45, 7) is 0. The summed E-state index contributed by atoms with van der Waals surface area (Å²) in [5, 5.41) is 7.00. The molecule has 0 atom stereocenters. The van der Waals surface area contributed by atoms with Crippen LogP contribution < -0.4 is 0 Å². The summed E-state index contributed by atoms with van der Waals surface area (Å²) in [6.07, 6.45) is 0. The fourth-order valence-electron chi connectivity index (χ4n) is 0. The van der Waals surface area contributed by atoms with Gasteiger partial charge in [0.15, 0.2) is 0 Å². The Morgan fingerprint density at radius 2 is 0.500 bits per heavy atom. The minimum Gasteiger partial charge on any atom is -0.412 e. The number of aliphatic hydroxyl groups excluding tert-OH is 1. The van der Waals surface area contributed by atoms with E-state index in [4.69, 9.17) is 5.11 Å². The molecule has 0 saturated heterocycles. The van der Waals surface area contributed by atoms with E-state index in [-0.39, 0.29) is 32.9 Å². The van der Waals surface area contributed by atoms with Crippen molar-refractivity contribution in [2.45, 2.75) is 0 Å². The third-order valence-corrected chi connectivity index (χ3v) is 0. The summed E-state index contributed by atoms with van der Waals surface area (Å²) in [7, 11) is 1.00. The van der Waals surface area contributed by atoms with Gasteiger partial charge in [-0.3, -0.25) is 0 Å². The number of hydrogen-bond donors (Lipinski definition) is 1. The number of hydrogen-bond acceptors (Lipinski definition) is 1. The van der Waals surface area contributed by atoms with Gasteiger partial charge in [0.2, 0.25) is 0 Å². The molecule has 0 aliphatic carbocycles. The predicted molar refractivity (Wildman–Crippen MR) is 29.8 cm³/mol. The highest BCUT2D eigenvalue weighted by atomic mass is 16.2. The second kappa shape index (κ2) is 2800. The van der Waals surface area contributed by atoms with Gasteiger partial charge < -0.3 is 38.0 Å². The lowest BCUT2D eigenvalue weighted by Gasteiger charge is -1.21. The Bertz CT molecular complexity index is 4.35. The summed E-state index contributed by atoms with van der Waals surface area (Å²) in [6, 6.07) is 0. The van der Waals surface area contributed by atoms with Crippen molar-refractivity contribution in [2.24, 2.45) is 0 Å². The maximum atomic E-state index is 7.00. The fourth-order valence-corrected chi connectivity index (χ4v) is 0. The molecule has 0 aromatic heterocycles. The maximum absolute atomic E-state index is 7.00. The van der Waals surface area contributed by atoms with E-state index in [1.54, 1.807) is 0 Å². The van der Waals surface area contributed by atoms with E-state index in [0.29, 0.717) is 0 Å². The van der Waals surface area contributed by atoms with E-state index in [1.807, 2.05) is 0 Å². The van der Waals surface area contributed by atoms with Gasteiger partial charge in [-0.15, -0.1) is 0 Å². The molecule has 0 aliphatic heterocycles. The zero-order valence-corrected chi connectivity index (χ0v) is 4.45. The van der Waals surface area contributed by atoms with Gasteiger partial charge in [-0.05, 0) is 0 Å². The number of rotatable bonds is 0. The molecule has 8 heavy (non-hydrogen) atoms. The lowest BCUT2D eigenvalue weighted by Crippen LogP contribution is -1.25. The SMILES string of the molecule is CO.O.O.O.O.O.O. The molecule has 0 bridgehead atoms. The monoisotopic (exact) mass is 140 g/mol. The second-order valence-electron chi connectivity index (χ2n) is 0. The van der Waals surface area contributed by atoms with Gasteiger partial charge in [0.1, 0.15) is 0 Å². The van der Waals surface area contributed by atoms with Gasteiger partial charge in [0, 0.05) is 7.11 Å². The smallest absolute Gasteiger partial charge is 0.0319 e. The summed E-state index contributed by atoms with van der Waals surface area (Å²) in [5.74, 6) is 0. The predicted octanol–water partition coefficient (Wildman–Crippen LogP) is -5.34. The molecular formula is CH16O7. The molecule has 0 heterocycles. The van der Waals surface area contributed by atoms with E-state index in [0.717, 1.165) is 7.11 Å². The first-order valence-electron chi connectivity index (χ1n) is 0.447. The van der Waals surface area contributed by atoms with Crippen LogP contribution in [0.3, 0.4) is 0 Å². The van der Waals surface area contributed by atoms with Crippen LogP contribution in [0.4, 0.5) is 0 Å². The van der Waals surface area contributed by atoms with E-state index < -0.39 is 0 Å². The van der Waals surface area contributed by atoms with E-state index >= 15 is 0 Å². The summed E-state index contributed by atoms with van der Waals surface area (Å²) in [5.41, 5.74) is 0. The van der Waals surface area contributed by atoms with Crippen molar-refractivity contribution in [3.05, 3.63) is 0 Å². The zero-order chi connectivity index (χ0) is 2.00. The van der Waals surface area contributed by atoms with Crippen LogP contribution in [-0.4, -0.2) is 45.1 Å². The van der Waals surface area contributed by atoms with Gasteiger partial charge in [-0.1, -0.05) is 0 Å². The quantitative estimate of drug-likeness (QED) is 0.343. The van der Waals surface area contributed by atoms with E-state index in [1.165, 1.54) is 0 Å².